The Kier molecular flexibility index (Phi) is 4.95. The van der Waals surface area contributed by atoms with Gasteiger partial charge in [0.1, 0.15) is 12.7 Å². The molecule has 1 aromatic heterocycles. The minimum Gasteiger partial charge on any atom is -0.361 e. The Labute approximate surface area is 139 Å². The van der Waals surface area contributed by atoms with Crippen molar-refractivity contribution in [1.29, 1.82) is 0 Å². The average Bonchev–Trinajstić information content (AvgIpc) is 3.03. The highest BCUT2D eigenvalue weighted by atomic mass is 32.1. The van der Waals surface area contributed by atoms with Crippen LogP contribution < -0.4 is 0 Å². The van der Waals surface area contributed by atoms with Crippen LogP contribution in [0.4, 0.5) is 0 Å². The Balaban J connectivity index is 1.78. The van der Waals surface area contributed by atoms with Gasteiger partial charge in [-0.2, -0.15) is 0 Å². The molecule has 3 nitrogen and oxygen atoms in total. The van der Waals surface area contributed by atoms with Gasteiger partial charge in [-0.15, -0.1) is 11.3 Å². The summed E-state index contributed by atoms with van der Waals surface area (Å²) in [5, 5.41) is 2.38. The molecule has 0 spiro atoms. The third-order valence-electron chi connectivity index (χ3n) is 3.44. The number of aryl methyl sites for hydroxylation is 1. The van der Waals surface area contributed by atoms with Crippen molar-refractivity contribution < 1.29 is 9.53 Å². The summed E-state index contributed by atoms with van der Waals surface area (Å²) >= 11 is 1.36. The highest BCUT2D eigenvalue weighted by molar-refractivity contribution is 7.11. The van der Waals surface area contributed by atoms with Crippen LogP contribution in [0.5, 0.6) is 0 Å². The number of carbonyl (C=O) groups is 1. The normalized spacial score (nSPS) is 10.9. The first-order chi connectivity index (χ1) is 11.2. The predicted molar refractivity (Wildman–Crippen MR) is 91.9 cm³/mol. The van der Waals surface area contributed by atoms with Crippen LogP contribution in [0.25, 0.3) is 0 Å². The Hall–Kier alpha value is -2.30. The number of aromatic nitrogens is 1. The molecule has 3 rings (SSSR count). The second kappa shape index (κ2) is 7.31. The highest BCUT2D eigenvalue weighted by Crippen LogP contribution is 2.26. The quantitative estimate of drug-likeness (QED) is 0.630. The maximum Gasteiger partial charge on any atom is 0.216 e. The summed E-state index contributed by atoms with van der Waals surface area (Å²) in [7, 11) is 0. The summed E-state index contributed by atoms with van der Waals surface area (Å²) < 4.78 is 5.96. The van der Waals surface area contributed by atoms with Crippen molar-refractivity contribution in [3.63, 3.8) is 0 Å². The van der Waals surface area contributed by atoms with Crippen LogP contribution in [0, 0.1) is 6.92 Å². The van der Waals surface area contributed by atoms with Crippen LogP contribution in [0.15, 0.2) is 66.0 Å². The maximum absolute atomic E-state index is 12.2. The number of hydrogen-bond donors (Lipinski definition) is 0. The zero-order valence-electron chi connectivity index (χ0n) is 12.8. The fourth-order valence-corrected chi connectivity index (χ4v) is 3.07. The standard InChI is InChI=1S/C19H17NO2S/c1-14-13-23-19(20-14)17(21)12-22-18(15-8-4-2-5-9-15)16-10-6-3-7-11-16/h2-11,13,18H,12H2,1H3. The van der Waals surface area contributed by atoms with E-state index < -0.39 is 0 Å². The number of thiazole rings is 1. The summed E-state index contributed by atoms with van der Waals surface area (Å²) in [6, 6.07) is 19.9. The Morgan fingerprint density at radius 1 is 1.04 bits per heavy atom. The zero-order valence-corrected chi connectivity index (χ0v) is 13.6. The molecule has 0 N–H and O–H groups in total. The van der Waals surface area contributed by atoms with Gasteiger partial charge in [-0.3, -0.25) is 4.79 Å². The van der Waals surface area contributed by atoms with E-state index in [1.807, 2.05) is 73.0 Å². The predicted octanol–water partition coefficient (Wildman–Crippen LogP) is 4.44. The van der Waals surface area contributed by atoms with E-state index in [0.717, 1.165) is 16.8 Å². The lowest BCUT2D eigenvalue weighted by Crippen LogP contribution is -2.14. The van der Waals surface area contributed by atoms with E-state index in [-0.39, 0.29) is 18.5 Å². The van der Waals surface area contributed by atoms with Crippen LogP contribution in [0.1, 0.15) is 32.7 Å². The number of nitrogens with zero attached hydrogens (tertiary/aromatic N) is 1. The van der Waals surface area contributed by atoms with Gasteiger partial charge in [0.15, 0.2) is 5.01 Å². The van der Waals surface area contributed by atoms with Crippen molar-refractivity contribution in [3.8, 4) is 0 Å². The Bertz CT molecular complexity index is 729. The second-order valence-corrected chi connectivity index (χ2v) is 6.09. The molecule has 2 aromatic carbocycles. The molecule has 0 saturated carbocycles. The maximum atomic E-state index is 12.2. The van der Waals surface area contributed by atoms with Crippen molar-refractivity contribution in [2.75, 3.05) is 6.61 Å². The summed E-state index contributed by atoms with van der Waals surface area (Å²) in [6.07, 6.45) is -0.262. The Morgan fingerprint density at radius 2 is 1.61 bits per heavy atom. The van der Waals surface area contributed by atoms with Crippen molar-refractivity contribution in [2.45, 2.75) is 13.0 Å². The third-order valence-corrected chi connectivity index (χ3v) is 4.44. The Morgan fingerprint density at radius 3 is 2.09 bits per heavy atom. The average molecular weight is 323 g/mol. The molecule has 3 aromatic rings. The molecule has 0 fully saturated rings. The third kappa shape index (κ3) is 3.92. The minimum atomic E-state index is -0.262. The number of ketones is 1. The van der Waals surface area contributed by atoms with Crippen LogP contribution >= 0.6 is 11.3 Å². The number of benzene rings is 2. The van der Waals surface area contributed by atoms with Crippen molar-refractivity contribution in [1.82, 2.24) is 4.98 Å². The summed E-state index contributed by atoms with van der Waals surface area (Å²) in [4.78, 5) is 16.5. The number of Topliss-reactive ketones (excluding diaryl/α,β-unsaturated/α-hetero) is 1. The van der Waals surface area contributed by atoms with Crippen molar-refractivity contribution >= 4 is 17.1 Å². The first-order valence-corrected chi connectivity index (χ1v) is 8.29. The molecule has 0 aliphatic heterocycles. The molecule has 0 bridgehead atoms. The lowest BCUT2D eigenvalue weighted by atomic mass is 10.0. The smallest absolute Gasteiger partial charge is 0.216 e. The number of rotatable bonds is 6. The van der Waals surface area contributed by atoms with Gasteiger partial charge in [-0.1, -0.05) is 60.7 Å². The molecule has 4 heteroatoms. The molecular weight excluding hydrogens is 306 g/mol. The molecular formula is C19H17NO2S. The molecule has 116 valence electrons. The van der Waals surface area contributed by atoms with E-state index in [4.69, 9.17) is 4.74 Å². The SMILES string of the molecule is Cc1csc(C(=O)COC(c2ccccc2)c2ccccc2)n1. The zero-order chi connectivity index (χ0) is 16.1. The van der Waals surface area contributed by atoms with Gasteiger partial charge in [-0.05, 0) is 18.1 Å². The van der Waals surface area contributed by atoms with Gasteiger partial charge in [0.05, 0.1) is 0 Å². The van der Waals surface area contributed by atoms with Gasteiger partial charge in [0.2, 0.25) is 5.78 Å². The molecule has 0 aliphatic carbocycles. The largest absolute Gasteiger partial charge is 0.361 e. The van der Waals surface area contributed by atoms with Crippen LogP contribution in [0.3, 0.4) is 0 Å². The topological polar surface area (TPSA) is 39.2 Å². The molecule has 0 atom stereocenters. The number of hydrogen-bond acceptors (Lipinski definition) is 4. The minimum absolute atomic E-state index is 0.0153. The van der Waals surface area contributed by atoms with E-state index in [1.54, 1.807) is 0 Å². The molecule has 0 aliphatic rings. The lowest BCUT2D eigenvalue weighted by Gasteiger charge is -2.18. The van der Waals surface area contributed by atoms with Crippen molar-refractivity contribution in [2.24, 2.45) is 0 Å². The van der Waals surface area contributed by atoms with Gasteiger partial charge in [0.25, 0.3) is 0 Å². The van der Waals surface area contributed by atoms with Gasteiger partial charge < -0.3 is 4.74 Å². The van der Waals surface area contributed by atoms with E-state index in [2.05, 4.69) is 4.98 Å². The monoisotopic (exact) mass is 323 g/mol. The molecule has 1 heterocycles. The summed E-state index contributed by atoms with van der Waals surface area (Å²) in [6.45, 7) is 1.90. The van der Waals surface area contributed by atoms with Crippen molar-refractivity contribution in [3.05, 3.63) is 87.9 Å². The van der Waals surface area contributed by atoms with E-state index in [0.29, 0.717) is 5.01 Å². The lowest BCUT2D eigenvalue weighted by molar-refractivity contribution is 0.0590. The van der Waals surface area contributed by atoms with Crippen LogP contribution in [-0.4, -0.2) is 17.4 Å². The van der Waals surface area contributed by atoms with E-state index in [9.17, 15) is 4.79 Å². The molecule has 0 amide bonds. The fraction of sp³-hybridized carbons (Fsp3) is 0.158. The first kappa shape index (κ1) is 15.6. The van der Waals surface area contributed by atoms with E-state index in [1.165, 1.54) is 11.3 Å². The molecule has 0 radical (unpaired) electrons. The fourth-order valence-electron chi connectivity index (χ4n) is 2.34. The van der Waals surface area contributed by atoms with Gasteiger partial charge >= 0.3 is 0 Å². The first-order valence-electron chi connectivity index (χ1n) is 7.41. The summed E-state index contributed by atoms with van der Waals surface area (Å²) in [5.41, 5.74) is 2.92. The van der Waals surface area contributed by atoms with E-state index >= 15 is 0 Å². The second-order valence-electron chi connectivity index (χ2n) is 5.23. The van der Waals surface area contributed by atoms with Crippen LogP contribution in [0.2, 0.25) is 0 Å². The number of carbonyl (C=O) groups excluding carboxylic acids is 1. The molecule has 0 unspecified atom stereocenters. The number of ether oxygens (including phenoxy) is 1. The van der Waals surface area contributed by atoms with Gasteiger partial charge in [-0.25, -0.2) is 4.98 Å². The molecule has 23 heavy (non-hydrogen) atoms. The van der Waals surface area contributed by atoms with Crippen LogP contribution in [-0.2, 0) is 4.74 Å². The summed E-state index contributed by atoms with van der Waals surface area (Å²) in [5.74, 6) is -0.0834. The highest BCUT2D eigenvalue weighted by Gasteiger charge is 2.18. The molecule has 0 saturated heterocycles. The van der Waals surface area contributed by atoms with Gasteiger partial charge in [0, 0.05) is 11.1 Å².